The van der Waals surface area contributed by atoms with Gasteiger partial charge in [0, 0.05) is 35.6 Å². The van der Waals surface area contributed by atoms with Gasteiger partial charge in [0.15, 0.2) is 0 Å². The van der Waals surface area contributed by atoms with Crippen LogP contribution in [0.2, 0.25) is 0 Å². The van der Waals surface area contributed by atoms with Crippen molar-refractivity contribution in [2.75, 3.05) is 22.1 Å². The maximum Gasteiger partial charge on any atom is 0.255 e. The van der Waals surface area contributed by atoms with Crippen LogP contribution >= 0.6 is 0 Å². The summed E-state index contributed by atoms with van der Waals surface area (Å²) >= 11 is 0. The Bertz CT molecular complexity index is 1180. The fraction of sp³-hybridized carbons (Fsp3) is 0.160. The highest BCUT2D eigenvalue weighted by atomic mass is 19.1. The highest BCUT2D eigenvalue weighted by Gasteiger charge is 2.35. The number of hydrogen-bond donors (Lipinski definition) is 2. The third-order valence-electron chi connectivity index (χ3n) is 5.37. The van der Waals surface area contributed by atoms with Gasteiger partial charge in [0.2, 0.25) is 11.8 Å². The van der Waals surface area contributed by atoms with Crippen LogP contribution < -0.4 is 15.5 Å². The molecule has 0 bridgehead atoms. The van der Waals surface area contributed by atoms with Gasteiger partial charge in [-0.2, -0.15) is 0 Å². The molecule has 3 aromatic carbocycles. The standard InChI is InChI=1S/C25H22FN3O3/c1-16-12-20(10-11-22(16)26)28-25(32)18-14-23(30)29(15-18)21-9-5-6-17(13-21)24(31)27-19-7-3-2-4-8-19/h2-13,18H,14-15H2,1H3,(H,27,31)(H,28,32). The number of benzene rings is 3. The molecular weight excluding hydrogens is 409 g/mol. The Morgan fingerprint density at radius 2 is 1.72 bits per heavy atom. The summed E-state index contributed by atoms with van der Waals surface area (Å²) in [6.45, 7) is 1.82. The Labute approximate surface area is 185 Å². The number of rotatable bonds is 5. The van der Waals surface area contributed by atoms with E-state index in [1.165, 1.54) is 17.0 Å². The van der Waals surface area contributed by atoms with E-state index in [-0.39, 0.29) is 36.5 Å². The monoisotopic (exact) mass is 431 g/mol. The Hall–Kier alpha value is -4.00. The van der Waals surface area contributed by atoms with E-state index in [1.54, 1.807) is 49.4 Å². The quantitative estimate of drug-likeness (QED) is 0.629. The highest BCUT2D eigenvalue weighted by Crippen LogP contribution is 2.27. The molecule has 4 rings (SSSR count). The first kappa shape index (κ1) is 21.2. The van der Waals surface area contributed by atoms with Gasteiger partial charge in [-0.15, -0.1) is 0 Å². The Morgan fingerprint density at radius 1 is 0.938 bits per heavy atom. The molecule has 1 unspecified atom stereocenters. The first-order valence-electron chi connectivity index (χ1n) is 10.2. The van der Waals surface area contributed by atoms with Gasteiger partial charge in [0.1, 0.15) is 5.82 Å². The number of nitrogens with zero attached hydrogens (tertiary/aromatic N) is 1. The molecular formula is C25H22FN3O3. The van der Waals surface area contributed by atoms with E-state index in [9.17, 15) is 18.8 Å². The second kappa shape index (κ2) is 9.01. The summed E-state index contributed by atoms with van der Waals surface area (Å²) in [6, 6.07) is 20.2. The molecule has 1 atom stereocenters. The van der Waals surface area contributed by atoms with Crippen molar-refractivity contribution in [1.82, 2.24) is 0 Å². The number of carbonyl (C=O) groups is 3. The molecule has 162 valence electrons. The van der Waals surface area contributed by atoms with E-state index >= 15 is 0 Å². The molecule has 1 aliphatic heterocycles. The number of anilines is 3. The van der Waals surface area contributed by atoms with Crippen molar-refractivity contribution in [3.05, 3.63) is 89.7 Å². The predicted molar refractivity (Wildman–Crippen MR) is 121 cm³/mol. The van der Waals surface area contributed by atoms with E-state index in [1.807, 2.05) is 18.2 Å². The summed E-state index contributed by atoms with van der Waals surface area (Å²) in [5, 5.41) is 5.57. The molecule has 0 aliphatic carbocycles. The minimum absolute atomic E-state index is 0.0620. The summed E-state index contributed by atoms with van der Waals surface area (Å²) in [5.41, 5.74) is 2.56. The number of hydrogen-bond acceptors (Lipinski definition) is 3. The van der Waals surface area contributed by atoms with Crippen molar-refractivity contribution in [2.45, 2.75) is 13.3 Å². The van der Waals surface area contributed by atoms with E-state index in [0.29, 0.717) is 28.2 Å². The molecule has 7 heteroatoms. The SMILES string of the molecule is Cc1cc(NC(=O)C2CC(=O)N(c3cccc(C(=O)Nc4ccccc4)c3)C2)ccc1F. The molecule has 0 saturated carbocycles. The lowest BCUT2D eigenvalue weighted by Crippen LogP contribution is -2.28. The minimum Gasteiger partial charge on any atom is -0.326 e. The first-order valence-corrected chi connectivity index (χ1v) is 10.2. The van der Waals surface area contributed by atoms with E-state index < -0.39 is 5.92 Å². The maximum absolute atomic E-state index is 13.4. The second-order valence-electron chi connectivity index (χ2n) is 7.73. The molecule has 1 fully saturated rings. The summed E-state index contributed by atoms with van der Waals surface area (Å²) in [7, 11) is 0. The Kier molecular flexibility index (Phi) is 5.98. The van der Waals surface area contributed by atoms with Crippen LogP contribution in [-0.4, -0.2) is 24.3 Å². The van der Waals surface area contributed by atoms with Crippen LogP contribution in [0.5, 0.6) is 0 Å². The van der Waals surface area contributed by atoms with Crippen LogP contribution in [0.25, 0.3) is 0 Å². The summed E-state index contributed by atoms with van der Waals surface area (Å²) in [6.07, 6.45) is 0.0620. The number of aryl methyl sites for hydroxylation is 1. The van der Waals surface area contributed by atoms with Crippen molar-refractivity contribution in [3.63, 3.8) is 0 Å². The van der Waals surface area contributed by atoms with Gasteiger partial charge in [-0.1, -0.05) is 24.3 Å². The smallest absolute Gasteiger partial charge is 0.255 e. The normalized spacial score (nSPS) is 15.5. The van der Waals surface area contributed by atoms with Crippen LogP contribution in [-0.2, 0) is 9.59 Å². The number of halogens is 1. The van der Waals surface area contributed by atoms with E-state index in [2.05, 4.69) is 10.6 Å². The lowest BCUT2D eigenvalue weighted by atomic mass is 10.1. The zero-order valence-electron chi connectivity index (χ0n) is 17.5. The minimum atomic E-state index is -0.547. The molecule has 0 spiro atoms. The molecule has 3 amide bonds. The highest BCUT2D eigenvalue weighted by molar-refractivity contribution is 6.07. The van der Waals surface area contributed by atoms with Crippen LogP contribution in [0.15, 0.2) is 72.8 Å². The van der Waals surface area contributed by atoms with E-state index in [0.717, 1.165) is 0 Å². The molecule has 3 aromatic rings. The maximum atomic E-state index is 13.4. The molecule has 0 aromatic heterocycles. The molecule has 1 aliphatic rings. The van der Waals surface area contributed by atoms with Crippen molar-refractivity contribution in [3.8, 4) is 0 Å². The lowest BCUT2D eigenvalue weighted by Gasteiger charge is -2.18. The van der Waals surface area contributed by atoms with Crippen molar-refractivity contribution < 1.29 is 18.8 Å². The van der Waals surface area contributed by atoms with Crippen LogP contribution in [0.1, 0.15) is 22.3 Å². The van der Waals surface area contributed by atoms with Crippen molar-refractivity contribution >= 4 is 34.8 Å². The summed E-state index contributed by atoms with van der Waals surface area (Å²) in [4.78, 5) is 39.4. The molecule has 1 saturated heterocycles. The summed E-state index contributed by atoms with van der Waals surface area (Å²) in [5.74, 6) is -1.67. The third kappa shape index (κ3) is 4.67. The van der Waals surface area contributed by atoms with Gasteiger partial charge in [-0.05, 0) is 61.0 Å². The van der Waals surface area contributed by atoms with Crippen LogP contribution in [0.3, 0.4) is 0 Å². The topological polar surface area (TPSA) is 78.5 Å². The molecule has 1 heterocycles. The largest absolute Gasteiger partial charge is 0.326 e. The van der Waals surface area contributed by atoms with Crippen LogP contribution in [0.4, 0.5) is 21.5 Å². The number of nitrogens with one attached hydrogen (secondary N) is 2. The Balaban J connectivity index is 1.44. The van der Waals surface area contributed by atoms with Crippen LogP contribution in [0, 0.1) is 18.7 Å². The van der Waals surface area contributed by atoms with Gasteiger partial charge in [0.05, 0.1) is 5.92 Å². The van der Waals surface area contributed by atoms with Gasteiger partial charge >= 0.3 is 0 Å². The average molecular weight is 431 g/mol. The van der Waals surface area contributed by atoms with Crippen molar-refractivity contribution in [2.24, 2.45) is 5.92 Å². The van der Waals surface area contributed by atoms with Gasteiger partial charge < -0.3 is 15.5 Å². The molecule has 0 radical (unpaired) electrons. The predicted octanol–water partition coefficient (Wildman–Crippen LogP) is 4.38. The summed E-state index contributed by atoms with van der Waals surface area (Å²) < 4.78 is 13.4. The molecule has 6 nitrogen and oxygen atoms in total. The third-order valence-corrected chi connectivity index (χ3v) is 5.37. The van der Waals surface area contributed by atoms with Gasteiger partial charge in [-0.25, -0.2) is 4.39 Å². The van der Waals surface area contributed by atoms with E-state index in [4.69, 9.17) is 0 Å². The molecule has 32 heavy (non-hydrogen) atoms. The second-order valence-corrected chi connectivity index (χ2v) is 7.73. The Morgan fingerprint density at radius 3 is 2.47 bits per heavy atom. The molecule has 2 N–H and O–H groups in total. The van der Waals surface area contributed by atoms with Gasteiger partial charge in [-0.3, -0.25) is 14.4 Å². The number of amides is 3. The first-order chi connectivity index (χ1) is 15.4. The average Bonchev–Trinajstić information content (AvgIpc) is 3.19. The lowest BCUT2D eigenvalue weighted by molar-refractivity contribution is -0.122. The van der Waals surface area contributed by atoms with Crippen molar-refractivity contribution in [1.29, 1.82) is 0 Å². The zero-order valence-corrected chi connectivity index (χ0v) is 17.5. The van der Waals surface area contributed by atoms with Gasteiger partial charge in [0.25, 0.3) is 5.91 Å². The fourth-order valence-corrected chi connectivity index (χ4v) is 3.64. The zero-order chi connectivity index (χ0) is 22.7. The number of carbonyl (C=O) groups excluding carboxylic acids is 3. The number of para-hydroxylation sites is 1. The fourth-order valence-electron chi connectivity index (χ4n) is 3.64.